The van der Waals surface area contributed by atoms with E-state index in [1.54, 1.807) is 12.5 Å². The van der Waals surface area contributed by atoms with Gasteiger partial charge in [0.25, 0.3) is 0 Å². The Labute approximate surface area is 123 Å². The fourth-order valence-electron chi connectivity index (χ4n) is 1.85. The summed E-state index contributed by atoms with van der Waals surface area (Å²) < 4.78 is 0. The molecule has 0 saturated heterocycles. The first-order chi connectivity index (χ1) is 9.67. The zero-order valence-electron chi connectivity index (χ0n) is 11.5. The van der Waals surface area contributed by atoms with Crippen molar-refractivity contribution < 1.29 is 9.59 Å². The van der Waals surface area contributed by atoms with Gasteiger partial charge in [0.15, 0.2) is 5.12 Å². The Hall–Kier alpha value is -1.18. The lowest BCUT2D eigenvalue weighted by Gasteiger charge is -2.13. The van der Waals surface area contributed by atoms with Crippen molar-refractivity contribution in [1.82, 2.24) is 9.97 Å². The third kappa shape index (κ3) is 6.31. The lowest BCUT2D eigenvalue weighted by atomic mass is 9.96. The van der Waals surface area contributed by atoms with Crippen molar-refractivity contribution in [2.24, 2.45) is 17.4 Å². The molecule has 20 heavy (non-hydrogen) atoms. The molecule has 5 N–H and O–H groups in total. The van der Waals surface area contributed by atoms with Gasteiger partial charge in [0.05, 0.1) is 6.33 Å². The van der Waals surface area contributed by atoms with E-state index in [9.17, 15) is 9.59 Å². The van der Waals surface area contributed by atoms with Crippen molar-refractivity contribution >= 4 is 22.7 Å². The maximum absolute atomic E-state index is 12.1. The van der Waals surface area contributed by atoms with Crippen LogP contribution in [0, 0.1) is 5.92 Å². The highest BCUT2D eigenvalue weighted by molar-refractivity contribution is 8.13. The summed E-state index contributed by atoms with van der Waals surface area (Å²) >= 11 is 1.20. The highest BCUT2D eigenvalue weighted by Crippen LogP contribution is 2.20. The number of H-pyrrole nitrogens is 1. The van der Waals surface area contributed by atoms with Crippen LogP contribution in [0.25, 0.3) is 0 Å². The van der Waals surface area contributed by atoms with Crippen molar-refractivity contribution in [2.75, 3.05) is 18.8 Å². The third-order valence-electron chi connectivity index (χ3n) is 2.85. The van der Waals surface area contributed by atoms with E-state index < -0.39 is 0 Å². The molecule has 0 aromatic carbocycles. The number of thioether (sulfide) groups is 1. The SMILES string of the molecule is NCCCC(=O)C[C@@H](Cc1cnc[nH]1)C(=O)SCCN. The summed E-state index contributed by atoms with van der Waals surface area (Å²) in [5.41, 5.74) is 11.7. The third-order valence-corrected chi connectivity index (χ3v) is 3.91. The summed E-state index contributed by atoms with van der Waals surface area (Å²) in [4.78, 5) is 30.9. The quantitative estimate of drug-likeness (QED) is 0.579. The minimum absolute atomic E-state index is 0.0196. The molecular weight excluding hydrogens is 276 g/mol. The van der Waals surface area contributed by atoms with Crippen LogP contribution in [-0.2, 0) is 16.0 Å². The fraction of sp³-hybridized carbons (Fsp3) is 0.615. The first-order valence-corrected chi connectivity index (χ1v) is 7.71. The molecule has 0 aliphatic heterocycles. The average molecular weight is 298 g/mol. The van der Waals surface area contributed by atoms with Gasteiger partial charge in [-0.05, 0) is 13.0 Å². The second-order valence-corrected chi connectivity index (χ2v) is 5.67. The second-order valence-electron chi connectivity index (χ2n) is 4.57. The molecule has 0 amide bonds. The van der Waals surface area contributed by atoms with E-state index in [4.69, 9.17) is 11.5 Å². The average Bonchev–Trinajstić information content (AvgIpc) is 2.94. The van der Waals surface area contributed by atoms with E-state index >= 15 is 0 Å². The first kappa shape index (κ1) is 16.9. The zero-order valence-corrected chi connectivity index (χ0v) is 12.3. The predicted octanol–water partition coefficient (Wildman–Crippen LogP) is 0.485. The molecule has 1 aromatic rings. The minimum Gasteiger partial charge on any atom is -0.348 e. The molecule has 1 atom stereocenters. The Morgan fingerprint density at radius 2 is 2.15 bits per heavy atom. The largest absolute Gasteiger partial charge is 0.348 e. The van der Waals surface area contributed by atoms with Gasteiger partial charge in [-0.2, -0.15) is 0 Å². The number of imidazole rings is 1. The molecule has 1 aromatic heterocycles. The number of aromatic nitrogens is 2. The van der Waals surface area contributed by atoms with Crippen LogP contribution in [0.3, 0.4) is 0 Å². The number of carbonyl (C=O) groups is 2. The molecule has 0 saturated carbocycles. The van der Waals surface area contributed by atoms with Gasteiger partial charge in [0.1, 0.15) is 5.78 Å². The van der Waals surface area contributed by atoms with Crippen LogP contribution in [0.5, 0.6) is 0 Å². The van der Waals surface area contributed by atoms with Crippen LogP contribution >= 0.6 is 11.8 Å². The van der Waals surface area contributed by atoms with E-state index in [1.165, 1.54) is 11.8 Å². The van der Waals surface area contributed by atoms with Crippen molar-refractivity contribution in [3.63, 3.8) is 0 Å². The van der Waals surface area contributed by atoms with Crippen molar-refractivity contribution in [3.8, 4) is 0 Å². The topological polar surface area (TPSA) is 115 Å². The molecule has 0 unspecified atom stereocenters. The molecule has 0 spiro atoms. The number of aromatic amines is 1. The van der Waals surface area contributed by atoms with Gasteiger partial charge in [-0.15, -0.1) is 0 Å². The maximum atomic E-state index is 12.1. The Morgan fingerprint density at radius 1 is 1.35 bits per heavy atom. The number of ketones is 1. The Balaban J connectivity index is 2.58. The number of hydrogen-bond donors (Lipinski definition) is 3. The molecule has 0 radical (unpaired) electrons. The molecule has 6 nitrogen and oxygen atoms in total. The molecule has 1 heterocycles. The van der Waals surface area contributed by atoms with E-state index in [-0.39, 0.29) is 23.2 Å². The summed E-state index contributed by atoms with van der Waals surface area (Å²) in [5, 5.41) is 0.0196. The Morgan fingerprint density at radius 3 is 2.75 bits per heavy atom. The normalized spacial score (nSPS) is 12.3. The van der Waals surface area contributed by atoms with E-state index in [1.807, 2.05) is 0 Å². The van der Waals surface area contributed by atoms with Crippen LogP contribution in [0.2, 0.25) is 0 Å². The predicted molar refractivity (Wildman–Crippen MR) is 80.2 cm³/mol. The monoisotopic (exact) mass is 298 g/mol. The number of Topliss-reactive ketones (excluding diaryl/α,β-unsaturated/α-hetero) is 1. The summed E-state index contributed by atoms with van der Waals surface area (Å²) in [6.45, 7) is 0.946. The Kier molecular flexibility index (Phi) is 8.17. The molecule has 0 bridgehead atoms. The molecule has 7 heteroatoms. The van der Waals surface area contributed by atoms with Gasteiger partial charge in [-0.3, -0.25) is 9.59 Å². The molecule has 112 valence electrons. The summed E-state index contributed by atoms with van der Waals surface area (Å²) in [7, 11) is 0. The van der Waals surface area contributed by atoms with Crippen LogP contribution < -0.4 is 11.5 Å². The number of nitrogens with zero attached hydrogens (tertiary/aromatic N) is 1. The standard InChI is InChI=1S/C13H22N4O2S/c14-3-1-2-12(18)7-10(13(19)20-5-4-15)6-11-8-16-9-17-11/h8-10H,1-7,14-15H2,(H,16,17)/t10-/m1/s1. The number of nitrogens with two attached hydrogens (primary N) is 2. The molecule has 0 aliphatic carbocycles. The lowest BCUT2D eigenvalue weighted by Crippen LogP contribution is -2.20. The Bertz CT molecular complexity index is 409. The number of hydrogen-bond acceptors (Lipinski definition) is 6. The summed E-state index contributed by atoms with van der Waals surface area (Å²) in [5.74, 6) is 0.342. The van der Waals surface area contributed by atoms with Gasteiger partial charge in [-0.1, -0.05) is 11.8 Å². The first-order valence-electron chi connectivity index (χ1n) is 6.73. The molecule has 0 fully saturated rings. The fourth-order valence-corrected chi connectivity index (χ4v) is 2.58. The lowest BCUT2D eigenvalue weighted by molar-refractivity contribution is -0.123. The number of rotatable bonds is 10. The van der Waals surface area contributed by atoms with E-state index in [0.29, 0.717) is 38.1 Å². The number of carbonyl (C=O) groups excluding carboxylic acids is 2. The van der Waals surface area contributed by atoms with E-state index in [0.717, 1.165) is 5.69 Å². The highest BCUT2D eigenvalue weighted by atomic mass is 32.2. The maximum Gasteiger partial charge on any atom is 0.192 e. The van der Waals surface area contributed by atoms with E-state index in [2.05, 4.69) is 9.97 Å². The van der Waals surface area contributed by atoms with Gasteiger partial charge in [-0.25, -0.2) is 4.98 Å². The minimum atomic E-state index is -0.322. The van der Waals surface area contributed by atoms with Crippen molar-refractivity contribution in [1.29, 1.82) is 0 Å². The van der Waals surface area contributed by atoms with Gasteiger partial charge in [0, 0.05) is 49.4 Å². The highest BCUT2D eigenvalue weighted by Gasteiger charge is 2.22. The zero-order chi connectivity index (χ0) is 14.8. The summed E-state index contributed by atoms with van der Waals surface area (Å²) in [6.07, 6.45) is 5.11. The van der Waals surface area contributed by atoms with Crippen LogP contribution in [0.1, 0.15) is 25.0 Å². The number of nitrogens with one attached hydrogen (secondary N) is 1. The van der Waals surface area contributed by atoms with Crippen molar-refractivity contribution in [3.05, 3.63) is 18.2 Å². The van der Waals surface area contributed by atoms with Gasteiger partial charge < -0.3 is 16.5 Å². The van der Waals surface area contributed by atoms with Crippen LogP contribution in [0.4, 0.5) is 0 Å². The van der Waals surface area contributed by atoms with Gasteiger partial charge >= 0.3 is 0 Å². The van der Waals surface area contributed by atoms with Crippen LogP contribution in [0.15, 0.2) is 12.5 Å². The van der Waals surface area contributed by atoms with Gasteiger partial charge in [0.2, 0.25) is 0 Å². The second kappa shape index (κ2) is 9.68. The molecular formula is C13H22N4O2S. The van der Waals surface area contributed by atoms with Crippen LogP contribution in [-0.4, -0.2) is 39.7 Å². The summed E-state index contributed by atoms with van der Waals surface area (Å²) in [6, 6.07) is 0. The molecule has 0 aliphatic rings. The smallest absolute Gasteiger partial charge is 0.192 e. The van der Waals surface area contributed by atoms with Crippen molar-refractivity contribution in [2.45, 2.75) is 25.7 Å². The molecule has 1 rings (SSSR count).